The maximum Gasteiger partial charge on any atom is -0.00368 e. The highest BCUT2D eigenvalue weighted by molar-refractivity contribution is 4.54. The van der Waals surface area contributed by atoms with Gasteiger partial charge in [0.2, 0.25) is 0 Å². The van der Waals surface area contributed by atoms with Crippen LogP contribution in [0.2, 0.25) is 0 Å². The quantitative estimate of drug-likeness (QED) is 0.330. The summed E-state index contributed by atoms with van der Waals surface area (Å²) in [5.41, 5.74) is 0. The smallest absolute Gasteiger partial charge is 0.00368 e. The Morgan fingerprint density at radius 3 is 1.17 bits per heavy atom. The minimum absolute atomic E-state index is 1.08. The molecule has 4 N–H and O–H groups in total. The van der Waals surface area contributed by atoms with Crippen LogP contribution >= 0.6 is 0 Å². The van der Waals surface area contributed by atoms with Crippen LogP contribution in [-0.4, -0.2) is 52.4 Å². The summed E-state index contributed by atoms with van der Waals surface area (Å²) >= 11 is 0. The lowest BCUT2D eigenvalue weighted by molar-refractivity contribution is 0.552. The molecule has 0 aromatic rings. The molecule has 0 bridgehead atoms. The predicted molar refractivity (Wildman–Crippen MR) is 81.3 cm³/mol. The Labute approximate surface area is 114 Å². The van der Waals surface area contributed by atoms with Gasteiger partial charge in [0, 0.05) is 0 Å². The molecule has 0 aliphatic carbocycles. The van der Waals surface area contributed by atoms with Crippen LogP contribution < -0.4 is 21.3 Å². The van der Waals surface area contributed by atoms with Crippen LogP contribution in [0.1, 0.15) is 39.5 Å². The minimum atomic E-state index is 1.08. The van der Waals surface area contributed by atoms with E-state index in [-0.39, 0.29) is 0 Å². The van der Waals surface area contributed by atoms with E-state index in [1.165, 1.54) is 25.7 Å². The van der Waals surface area contributed by atoms with Gasteiger partial charge in [0.15, 0.2) is 0 Å². The first-order valence-electron chi connectivity index (χ1n) is 7.74. The zero-order valence-corrected chi connectivity index (χ0v) is 12.5. The molecule has 0 aliphatic rings. The Kier molecular flexibility index (Phi) is 16.7. The van der Waals surface area contributed by atoms with Crippen molar-refractivity contribution in [3.05, 3.63) is 0 Å². The van der Waals surface area contributed by atoms with Gasteiger partial charge < -0.3 is 21.3 Å². The van der Waals surface area contributed by atoms with Gasteiger partial charge in [0.05, 0.1) is 0 Å². The van der Waals surface area contributed by atoms with Crippen molar-refractivity contribution in [1.29, 1.82) is 0 Å². The molecular weight excluding hydrogens is 224 g/mol. The first-order valence-corrected chi connectivity index (χ1v) is 7.74. The van der Waals surface area contributed by atoms with Crippen molar-refractivity contribution < 1.29 is 0 Å². The molecular formula is C14H34N4. The second kappa shape index (κ2) is 16.8. The van der Waals surface area contributed by atoms with Crippen LogP contribution in [0, 0.1) is 0 Å². The largest absolute Gasteiger partial charge is 0.317 e. The van der Waals surface area contributed by atoms with E-state index in [9.17, 15) is 0 Å². The molecule has 0 heterocycles. The third-order valence-corrected chi connectivity index (χ3v) is 2.87. The Balaban J connectivity index is 2.86. The van der Waals surface area contributed by atoms with Crippen molar-refractivity contribution in [2.24, 2.45) is 0 Å². The zero-order chi connectivity index (χ0) is 13.3. The molecule has 110 valence electrons. The third kappa shape index (κ3) is 15.8. The van der Waals surface area contributed by atoms with E-state index < -0.39 is 0 Å². The molecule has 0 aliphatic heterocycles. The van der Waals surface area contributed by atoms with E-state index in [4.69, 9.17) is 0 Å². The standard InChI is InChI=1S/C14H34N4/c1-3-15-11-7-13-17-9-5-6-10-18-14-8-12-16-4-2/h15-18H,3-14H2,1-2H3. The Morgan fingerprint density at radius 1 is 0.444 bits per heavy atom. The highest BCUT2D eigenvalue weighted by atomic mass is 14.9. The van der Waals surface area contributed by atoms with Crippen molar-refractivity contribution in [2.45, 2.75) is 39.5 Å². The van der Waals surface area contributed by atoms with Crippen molar-refractivity contribution in [3.63, 3.8) is 0 Å². The van der Waals surface area contributed by atoms with Crippen molar-refractivity contribution in [1.82, 2.24) is 21.3 Å². The molecule has 4 nitrogen and oxygen atoms in total. The first-order chi connectivity index (χ1) is 8.91. The summed E-state index contributed by atoms with van der Waals surface area (Å²) in [6, 6.07) is 0. The molecule has 4 heteroatoms. The summed E-state index contributed by atoms with van der Waals surface area (Å²) in [7, 11) is 0. The van der Waals surface area contributed by atoms with Gasteiger partial charge in [0.1, 0.15) is 0 Å². The highest BCUT2D eigenvalue weighted by Crippen LogP contribution is 1.85. The van der Waals surface area contributed by atoms with Gasteiger partial charge in [-0.1, -0.05) is 13.8 Å². The van der Waals surface area contributed by atoms with E-state index in [1.54, 1.807) is 0 Å². The minimum Gasteiger partial charge on any atom is -0.317 e. The summed E-state index contributed by atoms with van der Waals surface area (Å²) in [6.45, 7) is 13.3. The van der Waals surface area contributed by atoms with Crippen LogP contribution in [0.5, 0.6) is 0 Å². The maximum atomic E-state index is 3.49. The lowest BCUT2D eigenvalue weighted by Crippen LogP contribution is -2.24. The predicted octanol–water partition coefficient (Wildman–Crippen LogP) is 0.945. The van der Waals surface area contributed by atoms with Gasteiger partial charge in [-0.25, -0.2) is 0 Å². The van der Waals surface area contributed by atoms with Gasteiger partial charge in [-0.2, -0.15) is 0 Å². The fourth-order valence-corrected chi connectivity index (χ4v) is 1.78. The van der Waals surface area contributed by atoms with Gasteiger partial charge in [-0.3, -0.25) is 0 Å². The van der Waals surface area contributed by atoms with Crippen LogP contribution in [-0.2, 0) is 0 Å². The third-order valence-electron chi connectivity index (χ3n) is 2.87. The Bertz CT molecular complexity index is 126. The fraction of sp³-hybridized carbons (Fsp3) is 1.00. The lowest BCUT2D eigenvalue weighted by Gasteiger charge is -2.06. The first kappa shape index (κ1) is 17.8. The second-order valence-corrected chi connectivity index (χ2v) is 4.62. The number of rotatable bonds is 15. The Hall–Kier alpha value is -0.160. The van der Waals surface area contributed by atoms with Crippen LogP contribution in [0.25, 0.3) is 0 Å². The van der Waals surface area contributed by atoms with E-state index in [0.29, 0.717) is 0 Å². The average molecular weight is 258 g/mol. The molecule has 0 aromatic heterocycles. The highest BCUT2D eigenvalue weighted by Gasteiger charge is 1.91. The molecule has 0 radical (unpaired) electrons. The summed E-state index contributed by atoms with van der Waals surface area (Å²) in [5, 5.41) is 13.6. The summed E-state index contributed by atoms with van der Waals surface area (Å²) in [5.74, 6) is 0. The molecule has 0 aromatic carbocycles. The molecule has 0 saturated carbocycles. The van der Waals surface area contributed by atoms with Crippen LogP contribution in [0.15, 0.2) is 0 Å². The van der Waals surface area contributed by atoms with Gasteiger partial charge in [0.25, 0.3) is 0 Å². The molecule has 0 amide bonds. The maximum absolute atomic E-state index is 3.49. The lowest BCUT2D eigenvalue weighted by atomic mass is 10.3. The number of hydrogen-bond donors (Lipinski definition) is 4. The average Bonchev–Trinajstić information content (AvgIpc) is 2.39. The van der Waals surface area contributed by atoms with Crippen LogP contribution in [0.4, 0.5) is 0 Å². The van der Waals surface area contributed by atoms with E-state index in [0.717, 1.165) is 52.4 Å². The van der Waals surface area contributed by atoms with E-state index in [1.807, 2.05) is 0 Å². The number of nitrogens with one attached hydrogen (secondary N) is 4. The van der Waals surface area contributed by atoms with E-state index in [2.05, 4.69) is 35.1 Å². The molecule has 0 saturated heterocycles. The number of unbranched alkanes of at least 4 members (excludes halogenated alkanes) is 1. The van der Waals surface area contributed by atoms with Crippen molar-refractivity contribution >= 4 is 0 Å². The summed E-state index contributed by atoms with van der Waals surface area (Å²) < 4.78 is 0. The topological polar surface area (TPSA) is 48.1 Å². The molecule has 18 heavy (non-hydrogen) atoms. The monoisotopic (exact) mass is 258 g/mol. The zero-order valence-electron chi connectivity index (χ0n) is 12.5. The van der Waals surface area contributed by atoms with E-state index >= 15 is 0 Å². The van der Waals surface area contributed by atoms with Crippen molar-refractivity contribution in [2.75, 3.05) is 52.4 Å². The molecule has 0 unspecified atom stereocenters. The summed E-state index contributed by atoms with van der Waals surface area (Å²) in [6.07, 6.45) is 5.02. The second-order valence-electron chi connectivity index (χ2n) is 4.62. The SMILES string of the molecule is CCNCCCNCCCCNCCCNCC. The Morgan fingerprint density at radius 2 is 0.778 bits per heavy atom. The van der Waals surface area contributed by atoms with Crippen molar-refractivity contribution in [3.8, 4) is 0 Å². The fourth-order valence-electron chi connectivity index (χ4n) is 1.78. The molecule has 0 fully saturated rings. The molecule has 0 spiro atoms. The van der Waals surface area contributed by atoms with Gasteiger partial charge in [-0.15, -0.1) is 0 Å². The van der Waals surface area contributed by atoms with Crippen LogP contribution in [0.3, 0.4) is 0 Å². The van der Waals surface area contributed by atoms with Gasteiger partial charge >= 0.3 is 0 Å². The number of hydrogen-bond acceptors (Lipinski definition) is 4. The molecule has 0 atom stereocenters. The molecule has 0 rings (SSSR count). The van der Waals surface area contributed by atoms with Gasteiger partial charge in [-0.05, 0) is 78.0 Å². The normalized spacial score (nSPS) is 11.0. The summed E-state index contributed by atoms with van der Waals surface area (Å²) in [4.78, 5) is 0.